The molecule has 3 aliphatic carbocycles. The third kappa shape index (κ3) is 3.79. The van der Waals surface area contributed by atoms with Gasteiger partial charge in [0.1, 0.15) is 27.3 Å². The average Bonchev–Trinajstić information content (AvgIpc) is 3.35. The van der Waals surface area contributed by atoms with Gasteiger partial charge in [-0.2, -0.15) is 0 Å². The average molecular weight is 634 g/mol. The Morgan fingerprint density at radius 1 is 0.711 bits per heavy atom. The quantitative estimate of drug-likeness (QED) is 0.160. The number of nitrogens with one attached hydrogen (secondary N) is 1. The van der Waals surface area contributed by atoms with Crippen molar-refractivity contribution in [2.45, 2.75) is 22.7 Å². The maximum absolute atomic E-state index is 14.2. The Morgan fingerprint density at radius 2 is 1.20 bits per heavy atom. The molecule has 5 aromatic carbocycles. The third-order valence-electron chi connectivity index (χ3n) is 9.49. The van der Waals surface area contributed by atoms with E-state index in [2.05, 4.69) is 5.32 Å². The number of alkyl halides is 2. The van der Waals surface area contributed by atoms with E-state index >= 15 is 0 Å². The second kappa shape index (κ2) is 9.93. The van der Waals surface area contributed by atoms with Crippen molar-refractivity contribution in [1.29, 1.82) is 0 Å². The monoisotopic (exact) mass is 632 g/mol. The molecule has 3 atom stereocenters. The first kappa shape index (κ1) is 27.9. The summed E-state index contributed by atoms with van der Waals surface area (Å²) in [6.07, 6.45) is 0. The normalized spacial score (nSPS) is 25.0. The SMILES string of the molecule is C[C@H](C(=O)Nc1ccc(Oc2cccc3ccccc23)cc1)N1C(=O)[C@@H]2[C@H](C1=O)C1(Cl)c3ccccc3C2(Cl)c2ccccc21. The lowest BCUT2D eigenvalue weighted by Crippen LogP contribution is -2.57. The molecule has 1 heterocycles. The molecule has 3 amide bonds. The van der Waals surface area contributed by atoms with Crippen molar-refractivity contribution in [3.05, 3.63) is 138 Å². The molecule has 1 saturated heterocycles. The van der Waals surface area contributed by atoms with Crippen molar-refractivity contribution < 1.29 is 19.1 Å². The molecule has 0 saturated carbocycles. The van der Waals surface area contributed by atoms with Gasteiger partial charge in [0.2, 0.25) is 17.7 Å². The molecule has 45 heavy (non-hydrogen) atoms. The Labute approximate surface area is 269 Å². The van der Waals surface area contributed by atoms with E-state index in [9.17, 15) is 14.4 Å². The highest BCUT2D eigenvalue weighted by atomic mass is 35.5. The van der Waals surface area contributed by atoms with Crippen LogP contribution in [0.25, 0.3) is 10.8 Å². The van der Waals surface area contributed by atoms with Crippen molar-refractivity contribution in [2.75, 3.05) is 5.32 Å². The number of halogens is 2. The van der Waals surface area contributed by atoms with Crippen LogP contribution in [0.1, 0.15) is 29.2 Å². The fourth-order valence-electron chi connectivity index (χ4n) is 7.45. The maximum Gasteiger partial charge on any atom is 0.247 e. The number of ether oxygens (including phenoxy) is 1. The van der Waals surface area contributed by atoms with E-state index < -0.39 is 45.3 Å². The highest BCUT2D eigenvalue weighted by Gasteiger charge is 2.73. The number of carbonyl (C=O) groups excluding carboxylic acids is 3. The van der Waals surface area contributed by atoms with Crippen LogP contribution in [-0.4, -0.2) is 28.7 Å². The van der Waals surface area contributed by atoms with Gasteiger partial charge in [-0.25, -0.2) is 0 Å². The van der Waals surface area contributed by atoms with Crippen LogP contribution in [0.15, 0.2) is 115 Å². The Balaban J connectivity index is 1.06. The van der Waals surface area contributed by atoms with Crippen LogP contribution < -0.4 is 10.1 Å². The molecular formula is C37H26Cl2N2O4. The van der Waals surface area contributed by atoms with Crippen LogP contribution in [0.2, 0.25) is 0 Å². The fraction of sp³-hybridized carbons (Fsp3) is 0.162. The van der Waals surface area contributed by atoms with Crippen LogP contribution in [0.3, 0.4) is 0 Å². The van der Waals surface area contributed by atoms with E-state index in [1.807, 2.05) is 91.0 Å². The van der Waals surface area contributed by atoms with E-state index in [0.29, 0.717) is 33.7 Å². The number of fused-ring (bicyclic) bond motifs is 1. The van der Waals surface area contributed by atoms with Gasteiger partial charge in [0, 0.05) is 11.1 Å². The Bertz CT molecular complexity index is 1930. The summed E-state index contributed by atoms with van der Waals surface area (Å²) in [7, 11) is 0. The molecule has 0 unspecified atom stereocenters. The number of hydrogen-bond donors (Lipinski definition) is 1. The Hall–Kier alpha value is -4.65. The molecule has 222 valence electrons. The lowest BCUT2D eigenvalue weighted by Gasteiger charge is -2.54. The Kier molecular flexibility index (Phi) is 6.15. The summed E-state index contributed by atoms with van der Waals surface area (Å²) in [5.41, 5.74) is 3.36. The van der Waals surface area contributed by atoms with E-state index in [0.717, 1.165) is 21.4 Å². The first-order chi connectivity index (χ1) is 21.7. The maximum atomic E-state index is 14.2. The van der Waals surface area contributed by atoms with Gasteiger partial charge in [-0.05, 0) is 64.9 Å². The summed E-state index contributed by atoms with van der Waals surface area (Å²) in [6.45, 7) is 1.55. The standard InChI is InChI=1S/C37H26Cl2N2O4/c1-21(33(42)40-23-17-19-24(20-18-23)45-30-16-8-10-22-9-2-3-11-25(22)30)41-34(43)31-32(35(41)44)37(39)27-13-5-4-12-26(27)36(31,38)28-14-6-7-15-29(28)37/h2-21,31-32H,1H3,(H,40,42)/t21-,31-,32+,36?,37?/m1/s1. The van der Waals surface area contributed by atoms with Crippen LogP contribution in [-0.2, 0) is 24.1 Å². The van der Waals surface area contributed by atoms with E-state index in [1.165, 1.54) is 0 Å². The molecule has 2 bridgehead atoms. The van der Waals surface area contributed by atoms with E-state index in [4.69, 9.17) is 27.9 Å². The third-order valence-corrected chi connectivity index (χ3v) is 10.8. The smallest absolute Gasteiger partial charge is 0.247 e. The molecule has 6 nitrogen and oxygen atoms in total. The Morgan fingerprint density at radius 3 is 1.76 bits per heavy atom. The predicted molar refractivity (Wildman–Crippen MR) is 174 cm³/mol. The summed E-state index contributed by atoms with van der Waals surface area (Å²) in [5, 5.41) is 4.91. The molecule has 4 aliphatic rings. The van der Waals surface area contributed by atoms with Gasteiger partial charge in [0.15, 0.2) is 0 Å². The van der Waals surface area contributed by atoms with Gasteiger partial charge < -0.3 is 10.1 Å². The zero-order valence-electron chi connectivity index (χ0n) is 24.0. The minimum absolute atomic E-state index is 0.496. The van der Waals surface area contributed by atoms with E-state index in [1.54, 1.807) is 31.2 Å². The van der Waals surface area contributed by atoms with Crippen molar-refractivity contribution >= 4 is 57.4 Å². The number of amides is 3. The lowest BCUT2D eigenvalue weighted by atomic mass is 9.54. The fourth-order valence-corrected chi connectivity index (χ4v) is 8.55. The van der Waals surface area contributed by atoms with Gasteiger partial charge in [-0.3, -0.25) is 19.3 Å². The van der Waals surface area contributed by atoms with Gasteiger partial charge in [-0.1, -0.05) is 84.9 Å². The summed E-state index contributed by atoms with van der Waals surface area (Å²) in [6, 6.07) is 34.6. The number of imide groups is 1. The highest BCUT2D eigenvalue weighted by molar-refractivity contribution is 6.36. The number of anilines is 1. The molecule has 0 spiro atoms. The number of rotatable bonds is 5. The molecule has 1 fully saturated rings. The van der Waals surface area contributed by atoms with Gasteiger partial charge in [-0.15, -0.1) is 23.2 Å². The van der Waals surface area contributed by atoms with Crippen molar-refractivity contribution in [3.8, 4) is 11.5 Å². The second-order valence-corrected chi connectivity index (χ2v) is 13.0. The highest BCUT2D eigenvalue weighted by Crippen LogP contribution is 2.69. The summed E-state index contributed by atoms with van der Waals surface area (Å²) in [4.78, 5) is 40.4. The van der Waals surface area contributed by atoms with Crippen molar-refractivity contribution in [2.24, 2.45) is 11.8 Å². The molecule has 0 aromatic heterocycles. The number of nitrogens with zero attached hydrogens (tertiary/aromatic N) is 1. The van der Waals surface area contributed by atoms with Crippen LogP contribution in [0, 0.1) is 11.8 Å². The number of likely N-dealkylation sites (tertiary alicyclic amines) is 1. The minimum Gasteiger partial charge on any atom is -0.457 e. The predicted octanol–water partition coefficient (Wildman–Crippen LogP) is 7.55. The van der Waals surface area contributed by atoms with E-state index in [-0.39, 0.29) is 0 Å². The van der Waals surface area contributed by atoms with Crippen LogP contribution in [0.5, 0.6) is 11.5 Å². The van der Waals surface area contributed by atoms with Gasteiger partial charge in [0.25, 0.3) is 0 Å². The number of hydrogen-bond acceptors (Lipinski definition) is 4. The molecule has 0 radical (unpaired) electrons. The topological polar surface area (TPSA) is 75.7 Å². The van der Waals surface area contributed by atoms with Crippen molar-refractivity contribution in [3.63, 3.8) is 0 Å². The van der Waals surface area contributed by atoms with Crippen LogP contribution >= 0.6 is 23.2 Å². The van der Waals surface area contributed by atoms with Crippen LogP contribution in [0.4, 0.5) is 5.69 Å². The largest absolute Gasteiger partial charge is 0.457 e. The lowest BCUT2D eigenvalue weighted by molar-refractivity contribution is -0.146. The number of carbonyl (C=O) groups is 3. The zero-order chi connectivity index (χ0) is 31.1. The molecule has 1 N–H and O–H groups in total. The summed E-state index contributed by atoms with van der Waals surface area (Å²) < 4.78 is 6.13. The van der Waals surface area contributed by atoms with Crippen molar-refractivity contribution in [1.82, 2.24) is 4.90 Å². The first-order valence-electron chi connectivity index (χ1n) is 14.8. The van der Waals surface area contributed by atoms with Gasteiger partial charge in [0.05, 0.1) is 11.8 Å². The molecular weight excluding hydrogens is 607 g/mol. The summed E-state index contributed by atoms with van der Waals surface area (Å²) in [5.74, 6) is -2.12. The molecule has 5 aromatic rings. The first-order valence-corrected chi connectivity index (χ1v) is 15.5. The second-order valence-electron chi connectivity index (χ2n) is 11.8. The number of benzene rings is 5. The zero-order valence-corrected chi connectivity index (χ0v) is 25.5. The summed E-state index contributed by atoms with van der Waals surface area (Å²) >= 11 is 15.0. The molecule has 9 rings (SSSR count). The minimum atomic E-state index is -1.30. The molecule has 8 heteroatoms. The van der Waals surface area contributed by atoms with Gasteiger partial charge >= 0.3 is 0 Å². The molecule has 1 aliphatic heterocycles.